The first-order valence-corrected chi connectivity index (χ1v) is 4.58. The standard InChI is InChI=1S/C10H8ClN3/c11-10-9(13-5-6-14-10)7-8-1-3-12-4-2-8/h1-6H,7H2. The molecule has 0 aliphatic heterocycles. The Morgan fingerprint density at radius 1 is 1.00 bits per heavy atom. The summed E-state index contributed by atoms with van der Waals surface area (Å²) in [5.74, 6) is 0. The minimum absolute atomic E-state index is 0.462. The van der Waals surface area contributed by atoms with Gasteiger partial charge in [-0.15, -0.1) is 0 Å². The Morgan fingerprint density at radius 2 is 1.71 bits per heavy atom. The SMILES string of the molecule is Clc1nccnc1Cc1ccncc1. The Balaban J connectivity index is 2.24. The first kappa shape index (κ1) is 9.09. The van der Waals surface area contributed by atoms with Crippen LogP contribution in [0.3, 0.4) is 0 Å². The molecule has 14 heavy (non-hydrogen) atoms. The van der Waals surface area contributed by atoms with Crippen LogP contribution in [0, 0.1) is 0 Å². The van der Waals surface area contributed by atoms with Gasteiger partial charge in [-0.05, 0) is 17.7 Å². The van der Waals surface area contributed by atoms with Crippen LogP contribution in [0.1, 0.15) is 11.3 Å². The van der Waals surface area contributed by atoms with E-state index in [4.69, 9.17) is 11.6 Å². The third kappa shape index (κ3) is 2.06. The van der Waals surface area contributed by atoms with Crippen LogP contribution in [0.2, 0.25) is 5.15 Å². The fourth-order valence-corrected chi connectivity index (χ4v) is 1.33. The van der Waals surface area contributed by atoms with Gasteiger partial charge in [0.2, 0.25) is 0 Å². The molecule has 0 fully saturated rings. The lowest BCUT2D eigenvalue weighted by atomic mass is 10.1. The molecule has 0 N–H and O–H groups in total. The van der Waals surface area contributed by atoms with Crippen LogP contribution in [0.15, 0.2) is 36.9 Å². The third-order valence-electron chi connectivity index (χ3n) is 1.84. The number of hydrogen-bond acceptors (Lipinski definition) is 3. The lowest BCUT2D eigenvalue weighted by molar-refractivity contribution is 1.03. The quantitative estimate of drug-likeness (QED) is 0.754. The Labute approximate surface area is 86.8 Å². The maximum absolute atomic E-state index is 5.88. The van der Waals surface area contributed by atoms with Crippen LogP contribution in [0.5, 0.6) is 0 Å². The summed E-state index contributed by atoms with van der Waals surface area (Å²) in [6, 6.07) is 3.87. The van der Waals surface area contributed by atoms with Crippen molar-refractivity contribution < 1.29 is 0 Å². The smallest absolute Gasteiger partial charge is 0.150 e. The number of aromatic nitrogens is 3. The molecule has 4 heteroatoms. The van der Waals surface area contributed by atoms with E-state index in [1.165, 1.54) is 0 Å². The van der Waals surface area contributed by atoms with Gasteiger partial charge < -0.3 is 0 Å². The van der Waals surface area contributed by atoms with Gasteiger partial charge in [-0.25, -0.2) is 4.98 Å². The average molecular weight is 206 g/mol. The molecule has 2 aromatic rings. The molecule has 0 aromatic carbocycles. The maximum atomic E-state index is 5.88. The van der Waals surface area contributed by atoms with E-state index in [0.717, 1.165) is 11.3 Å². The number of pyridine rings is 1. The van der Waals surface area contributed by atoms with Crippen molar-refractivity contribution in [3.63, 3.8) is 0 Å². The van der Waals surface area contributed by atoms with E-state index in [1.54, 1.807) is 24.8 Å². The van der Waals surface area contributed by atoms with Crippen LogP contribution >= 0.6 is 11.6 Å². The second kappa shape index (κ2) is 4.15. The lowest BCUT2D eigenvalue weighted by Crippen LogP contribution is -1.94. The predicted molar refractivity (Wildman–Crippen MR) is 54.1 cm³/mol. The summed E-state index contributed by atoms with van der Waals surface area (Å²) in [4.78, 5) is 12.1. The lowest BCUT2D eigenvalue weighted by Gasteiger charge is -2.01. The molecular formula is C10H8ClN3. The monoisotopic (exact) mass is 205 g/mol. The molecule has 2 rings (SSSR count). The summed E-state index contributed by atoms with van der Waals surface area (Å²) in [5, 5.41) is 0.462. The van der Waals surface area contributed by atoms with Gasteiger partial charge in [0.15, 0.2) is 5.15 Å². The molecule has 0 amide bonds. The summed E-state index contributed by atoms with van der Waals surface area (Å²) in [6.45, 7) is 0. The van der Waals surface area contributed by atoms with Gasteiger partial charge in [0.05, 0.1) is 5.69 Å². The molecule has 0 aliphatic rings. The molecule has 3 nitrogen and oxygen atoms in total. The molecule has 2 heterocycles. The number of rotatable bonds is 2. The van der Waals surface area contributed by atoms with E-state index in [2.05, 4.69) is 15.0 Å². The summed E-state index contributed by atoms with van der Waals surface area (Å²) in [6.07, 6.45) is 7.41. The Hall–Kier alpha value is -1.48. The van der Waals surface area contributed by atoms with Gasteiger partial charge in [0.1, 0.15) is 0 Å². The predicted octanol–water partition coefficient (Wildman–Crippen LogP) is 2.12. The summed E-state index contributed by atoms with van der Waals surface area (Å²) in [5.41, 5.74) is 1.92. The van der Waals surface area contributed by atoms with E-state index in [0.29, 0.717) is 11.6 Å². The highest BCUT2D eigenvalue weighted by Crippen LogP contribution is 2.12. The van der Waals surface area contributed by atoms with Crippen molar-refractivity contribution in [3.8, 4) is 0 Å². The van der Waals surface area contributed by atoms with E-state index >= 15 is 0 Å². The van der Waals surface area contributed by atoms with Crippen LogP contribution in [-0.4, -0.2) is 15.0 Å². The zero-order valence-corrected chi connectivity index (χ0v) is 8.15. The van der Waals surface area contributed by atoms with Crippen LogP contribution in [-0.2, 0) is 6.42 Å². The summed E-state index contributed by atoms with van der Waals surface area (Å²) in [7, 11) is 0. The van der Waals surface area contributed by atoms with Gasteiger partial charge >= 0.3 is 0 Å². The minimum atomic E-state index is 0.462. The van der Waals surface area contributed by atoms with Crippen molar-refractivity contribution >= 4 is 11.6 Å². The molecule has 0 bridgehead atoms. The van der Waals surface area contributed by atoms with Gasteiger partial charge in [0, 0.05) is 31.2 Å². The van der Waals surface area contributed by atoms with E-state index < -0.39 is 0 Å². The highest BCUT2D eigenvalue weighted by Gasteiger charge is 2.02. The maximum Gasteiger partial charge on any atom is 0.150 e. The molecule has 0 spiro atoms. The Kier molecular flexibility index (Phi) is 2.70. The minimum Gasteiger partial charge on any atom is -0.265 e. The van der Waals surface area contributed by atoms with Crippen molar-refractivity contribution in [3.05, 3.63) is 53.3 Å². The van der Waals surface area contributed by atoms with Gasteiger partial charge in [-0.2, -0.15) is 0 Å². The van der Waals surface area contributed by atoms with E-state index in [9.17, 15) is 0 Å². The molecule has 0 radical (unpaired) electrons. The van der Waals surface area contributed by atoms with Crippen LogP contribution < -0.4 is 0 Å². The summed E-state index contributed by atoms with van der Waals surface area (Å²) < 4.78 is 0. The molecule has 0 saturated carbocycles. The van der Waals surface area contributed by atoms with Gasteiger partial charge in [-0.1, -0.05) is 11.6 Å². The molecule has 70 valence electrons. The fraction of sp³-hybridized carbons (Fsp3) is 0.100. The van der Waals surface area contributed by atoms with E-state index in [-0.39, 0.29) is 0 Å². The summed E-state index contributed by atoms with van der Waals surface area (Å²) >= 11 is 5.88. The molecule has 0 atom stereocenters. The topological polar surface area (TPSA) is 38.7 Å². The van der Waals surface area contributed by atoms with Crippen molar-refractivity contribution in [2.45, 2.75) is 6.42 Å². The van der Waals surface area contributed by atoms with Crippen LogP contribution in [0.25, 0.3) is 0 Å². The largest absolute Gasteiger partial charge is 0.265 e. The van der Waals surface area contributed by atoms with Crippen molar-refractivity contribution in [2.75, 3.05) is 0 Å². The zero-order chi connectivity index (χ0) is 9.80. The Bertz CT molecular complexity index is 417. The molecule has 0 unspecified atom stereocenters. The first-order valence-electron chi connectivity index (χ1n) is 4.20. The molecule has 0 saturated heterocycles. The number of nitrogens with zero attached hydrogens (tertiary/aromatic N) is 3. The number of hydrogen-bond donors (Lipinski definition) is 0. The fourth-order valence-electron chi connectivity index (χ4n) is 1.16. The molecule has 0 aliphatic carbocycles. The first-order chi connectivity index (χ1) is 6.86. The van der Waals surface area contributed by atoms with Crippen molar-refractivity contribution in [1.29, 1.82) is 0 Å². The van der Waals surface area contributed by atoms with Crippen LogP contribution in [0.4, 0.5) is 0 Å². The average Bonchev–Trinajstić information content (AvgIpc) is 2.23. The van der Waals surface area contributed by atoms with Crippen molar-refractivity contribution in [1.82, 2.24) is 15.0 Å². The second-order valence-corrected chi connectivity index (χ2v) is 3.18. The molecule has 2 aromatic heterocycles. The normalized spacial score (nSPS) is 10.1. The third-order valence-corrected chi connectivity index (χ3v) is 2.16. The Morgan fingerprint density at radius 3 is 2.43 bits per heavy atom. The van der Waals surface area contributed by atoms with Gasteiger partial charge in [0.25, 0.3) is 0 Å². The zero-order valence-electron chi connectivity index (χ0n) is 7.39. The number of halogens is 1. The second-order valence-electron chi connectivity index (χ2n) is 2.83. The highest BCUT2D eigenvalue weighted by molar-refractivity contribution is 6.30. The van der Waals surface area contributed by atoms with Crippen molar-refractivity contribution in [2.24, 2.45) is 0 Å². The highest BCUT2D eigenvalue weighted by atomic mass is 35.5. The molecular weight excluding hydrogens is 198 g/mol. The van der Waals surface area contributed by atoms with E-state index in [1.807, 2.05) is 12.1 Å². The van der Waals surface area contributed by atoms with Gasteiger partial charge in [-0.3, -0.25) is 9.97 Å².